The van der Waals surface area contributed by atoms with Gasteiger partial charge in [0.1, 0.15) is 18.2 Å². The standard InChI is InChI=1S/C25H18BrCl3N2O3/c1-2-33-23-11-15(10-19(26)24(23)34-14-16-5-3-4-6-20(16)27)9-17(13-30)25(32)31-18-7-8-21(28)22(29)12-18/h3-12H,2,14H2,1H3,(H,31,32)/b17-9+. The number of nitrogens with zero attached hydrogens (tertiary/aromatic N) is 1. The fourth-order valence-electron chi connectivity index (χ4n) is 2.93. The van der Waals surface area contributed by atoms with Crippen LogP contribution in [0.4, 0.5) is 5.69 Å². The van der Waals surface area contributed by atoms with Crippen molar-refractivity contribution in [2.45, 2.75) is 13.5 Å². The van der Waals surface area contributed by atoms with Crippen LogP contribution in [0.5, 0.6) is 11.5 Å². The molecule has 0 unspecified atom stereocenters. The summed E-state index contributed by atoms with van der Waals surface area (Å²) in [5.41, 5.74) is 1.71. The number of ether oxygens (including phenoxy) is 2. The molecule has 0 aliphatic rings. The summed E-state index contributed by atoms with van der Waals surface area (Å²) in [6.07, 6.45) is 1.46. The average molecular weight is 581 g/mol. The number of carbonyl (C=O) groups excluding carboxylic acids is 1. The van der Waals surface area contributed by atoms with Crippen LogP contribution in [0.2, 0.25) is 15.1 Å². The van der Waals surface area contributed by atoms with Crippen LogP contribution in [0.25, 0.3) is 6.08 Å². The molecule has 0 aliphatic heterocycles. The molecule has 0 atom stereocenters. The second kappa shape index (κ2) is 12.1. The highest BCUT2D eigenvalue weighted by molar-refractivity contribution is 9.10. The van der Waals surface area contributed by atoms with E-state index in [1.807, 2.05) is 31.2 Å². The van der Waals surface area contributed by atoms with Gasteiger partial charge in [-0.05, 0) is 70.9 Å². The van der Waals surface area contributed by atoms with Crippen LogP contribution in [0.15, 0.2) is 64.6 Å². The highest BCUT2D eigenvalue weighted by Crippen LogP contribution is 2.38. The Balaban J connectivity index is 1.86. The van der Waals surface area contributed by atoms with Crippen molar-refractivity contribution >= 4 is 68.4 Å². The van der Waals surface area contributed by atoms with Gasteiger partial charge < -0.3 is 14.8 Å². The fraction of sp³-hybridized carbons (Fsp3) is 0.120. The van der Waals surface area contributed by atoms with Gasteiger partial charge in [0, 0.05) is 16.3 Å². The molecule has 5 nitrogen and oxygen atoms in total. The zero-order valence-corrected chi connectivity index (χ0v) is 21.7. The number of hydrogen-bond acceptors (Lipinski definition) is 4. The molecule has 0 aliphatic carbocycles. The zero-order valence-electron chi connectivity index (χ0n) is 17.9. The van der Waals surface area contributed by atoms with E-state index in [2.05, 4.69) is 21.2 Å². The molecule has 0 bridgehead atoms. The van der Waals surface area contributed by atoms with Crippen molar-refractivity contribution in [3.63, 3.8) is 0 Å². The summed E-state index contributed by atoms with van der Waals surface area (Å²) in [6, 6.07) is 17.4. The van der Waals surface area contributed by atoms with Crippen LogP contribution >= 0.6 is 50.7 Å². The minimum atomic E-state index is -0.589. The largest absolute Gasteiger partial charge is 0.490 e. The molecule has 3 aromatic carbocycles. The molecule has 0 saturated carbocycles. The quantitative estimate of drug-likeness (QED) is 0.217. The second-order valence-electron chi connectivity index (χ2n) is 6.90. The molecule has 0 saturated heterocycles. The third-order valence-electron chi connectivity index (χ3n) is 4.52. The number of amides is 1. The zero-order chi connectivity index (χ0) is 24.7. The minimum absolute atomic E-state index is 0.106. The second-order valence-corrected chi connectivity index (χ2v) is 8.97. The number of nitriles is 1. The number of hydrogen-bond donors (Lipinski definition) is 1. The molecule has 0 fully saturated rings. The van der Waals surface area contributed by atoms with E-state index in [9.17, 15) is 10.1 Å². The lowest BCUT2D eigenvalue weighted by atomic mass is 10.1. The van der Waals surface area contributed by atoms with E-state index in [0.717, 1.165) is 5.56 Å². The maximum Gasteiger partial charge on any atom is 0.266 e. The lowest BCUT2D eigenvalue weighted by Crippen LogP contribution is -2.13. The van der Waals surface area contributed by atoms with Crippen molar-refractivity contribution in [1.82, 2.24) is 0 Å². The first-order valence-electron chi connectivity index (χ1n) is 10.0. The van der Waals surface area contributed by atoms with Crippen LogP contribution in [-0.2, 0) is 11.4 Å². The Hall–Kier alpha value is -2.69. The summed E-state index contributed by atoms with van der Waals surface area (Å²) in [7, 11) is 0. The maximum atomic E-state index is 12.6. The van der Waals surface area contributed by atoms with E-state index < -0.39 is 5.91 Å². The highest BCUT2D eigenvalue weighted by Gasteiger charge is 2.15. The Morgan fingerprint density at radius 1 is 1.06 bits per heavy atom. The first-order valence-corrected chi connectivity index (χ1v) is 12.0. The predicted octanol–water partition coefficient (Wildman–Crippen LogP) is 7.93. The first kappa shape index (κ1) is 25.9. The SMILES string of the molecule is CCOc1cc(/C=C(\C#N)C(=O)Nc2ccc(Cl)c(Cl)c2)cc(Br)c1OCc1ccccc1Cl. The van der Waals surface area contributed by atoms with E-state index in [0.29, 0.717) is 48.9 Å². The van der Waals surface area contributed by atoms with E-state index >= 15 is 0 Å². The van der Waals surface area contributed by atoms with Gasteiger partial charge >= 0.3 is 0 Å². The maximum absolute atomic E-state index is 12.6. The average Bonchev–Trinajstić information content (AvgIpc) is 2.80. The smallest absolute Gasteiger partial charge is 0.266 e. The van der Waals surface area contributed by atoms with Crippen molar-refractivity contribution in [3.8, 4) is 17.6 Å². The topological polar surface area (TPSA) is 71.3 Å². The van der Waals surface area contributed by atoms with E-state index in [1.54, 1.807) is 30.3 Å². The van der Waals surface area contributed by atoms with E-state index in [-0.39, 0.29) is 12.2 Å². The third kappa shape index (κ3) is 6.68. The van der Waals surface area contributed by atoms with Crippen molar-refractivity contribution in [3.05, 3.63) is 90.8 Å². The van der Waals surface area contributed by atoms with Crippen LogP contribution in [-0.4, -0.2) is 12.5 Å². The molecule has 34 heavy (non-hydrogen) atoms. The molecule has 0 spiro atoms. The Labute approximate surface area is 221 Å². The molecule has 9 heteroatoms. The van der Waals surface area contributed by atoms with Crippen molar-refractivity contribution in [2.75, 3.05) is 11.9 Å². The van der Waals surface area contributed by atoms with Crippen LogP contribution in [0, 0.1) is 11.3 Å². The summed E-state index contributed by atoms with van der Waals surface area (Å²) in [6.45, 7) is 2.48. The molecule has 0 heterocycles. The first-order chi connectivity index (χ1) is 16.3. The highest BCUT2D eigenvalue weighted by atomic mass is 79.9. The third-order valence-corrected chi connectivity index (χ3v) is 6.21. The molecular formula is C25H18BrCl3N2O3. The summed E-state index contributed by atoms with van der Waals surface area (Å²) in [5.74, 6) is 0.351. The van der Waals surface area contributed by atoms with Gasteiger partial charge in [0.25, 0.3) is 5.91 Å². The Morgan fingerprint density at radius 3 is 2.50 bits per heavy atom. The Kier molecular flexibility index (Phi) is 9.26. The van der Waals surface area contributed by atoms with Gasteiger partial charge in [-0.3, -0.25) is 4.79 Å². The summed E-state index contributed by atoms with van der Waals surface area (Å²) in [4.78, 5) is 12.6. The number of halogens is 4. The normalized spacial score (nSPS) is 11.0. The summed E-state index contributed by atoms with van der Waals surface area (Å²) >= 11 is 21.6. The van der Waals surface area contributed by atoms with E-state index in [4.69, 9.17) is 44.3 Å². The number of anilines is 1. The van der Waals surface area contributed by atoms with Gasteiger partial charge in [-0.2, -0.15) is 5.26 Å². The van der Waals surface area contributed by atoms with Crippen LogP contribution in [0.3, 0.4) is 0 Å². The lowest BCUT2D eigenvalue weighted by Gasteiger charge is -2.15. The van der Waals surface area contributed by atoms with Crippen molar-refractivity contribution in [2.24, 2.45) is 0 Å². The Bertz CT molecular complexity index is 1290. The van der Waals surface area contributed by atoms with Gasteiger partial charge in [-0.15, -0.1) is 0 Å². The molecule has 1 N–H and O–H groups in total. The molecular weight excluding hydrogens is 563 g/mol. The van der Waals surface area contributed by atoms with Gasteiger partial charge in [-0.25, -0.2) is 0 Å². The molecule has 3 rings (SSSR count). The number of nitrogens with one attached hydrogen (secondary N) is 1. The molecule has 3 aromatic rings. The lowest BCUT2D eigenvalue weighted by molar-refractivity contribution is -0.112. The summed E-state index contributed by atoms with van der Waals surface area (Å²) in [5, 5.41) is 13.5. The van der Waals surface area contributed by atoms with Crippen molar-refractivity contribution < 1.29 is 14.3 Å². The monoisotopic (exact) mass is 578 g/mol. The molecule has 1 amide bonds. The Morgan fingerprint density at radius 2 is 1.82 bits per heavy atom. The number of rotatable bonds is 8. The number of benzene rings is 3. The van der Waals surface area contributed by atoms with Gasteiger partial charge in [0.05, 0.1) is 21.1 Å². The van der Waals surface area contributed by atoms with Gasteiger partial charge in [0.2, 0.25) is 0 Å². The predicted molar refractivity (Wildman–Crippen MR) is 140 cm³/mol. The minimum Gasteiger partial charge on any atom is -0.490 e. The fourth-order valence-corrected chi connectivity index (χ4v) is 3.99. The van der Waals surface area contributed by atoms with Crippen LogP contribution < -0.4 is 14.8 Å². The molecule has 174 valence electrons. The van der Waals surface area contributed by atoms with Crippen LogP contribution in [0.1, 0.15) is 18.1 Å². The van der Waals surface area contributed by atoms with Gasteiger partial charge in [-0.1, -0.05) is 53.0 Å². The number of carbonyl (C=O) groups is 1. The van der Waals surface area contributed by atoms with E-state index in [1.165, 1.54) is 12.1 Å². The van der Waals surface area contributed by atoms with Crippen molar-refractivity contribution in [1.29, 1.82) is 5.26 Å². The van der Waals surface area contributed by atoms with Gasteiger partial charge in [0.15, 0.2) is 11.5 Å². The summed E-state index contributed by atoms with van der Waals surface area (Å²) < 4.78 is 12.3. The molecule has 0 radical (unpaired) electrons. The molecule has 0 aromatic heterocycles.